The van der Waals surface area contributed by atoms with Gasteiger partial charge in [0.2, 0.25) is 6.79 Å². The molecule has 180 valence electrons. The molecule has 2 aromatic rings. The van der Waals surface area contributed by atoms with E-state index in [1.807, 2.05) is 39.0 Å². The number of carbonyl (C=O) groups excluding carboxylic acids is 2. The van der Waals surface area contributed by atoms with Crippen LogP contribution < -0.4 is 30.7 Å². The molecule has 0 aromatic heterocycles. The van der Waals surface area contributed by atoms with Crippen LogP contribution in [0.25, 0.3) is 0 Å². The van der Waals surface area contributed by atoms with E-state index in [2.05, 4.69) is 16.0 Å². The van der Waals surface area contributed by atoms with Crippen molar-refractivity contribution >= 4 is 29.9 Å². The van der Waals surface area contributed by atoms with Gasteiger partial charge in [0.05, 0.1) is 17.0 Å². The minimum Gasteiger partial charge on any atom is -0.505 e. The van der Waals surface area contributed by atoms with Gasteiger partial charge in [-0.3, -0.25) is 14.9 Å². The molecular weight excluding hydrogens is 457 g/mol. The normalized spacial score (nSPS) is 16.5. The zero-order valence-electron chi connectivity index (χ0n) is 19.7. The Balaban J connectivity index is 1.73. The maximum atomic E-state index is 12.7. The maximum Gasteiger partial charge on any atom is 0.276 e. The van der Waals surface area contributed by atoms with Crippen molar-refractivity contribution in [1.29, 1.82) is 0 Å². The Labute approximate surface area is 197 Å². The van der Waals surface area contributed by atoms with Crippen molar-refractivity contribution in [3.8, 4) is 17.2 Å². The molecule has 4 rings (SSSR count). The van der Waals surface area contributed by atoms with E-state index >= 15 is 0 Å². The summed E-state index contributed by atoms with van der Waals surface area (Å²) in [5.74, 6) is -0.191. The van der Waals surface area contributed by atoms with Crippen LogP contribution in [0.2, 0.25) is 0 Å². The monoisotopic (exact) mass is 485 g/mol. The predicted molar refractivity (Wildman–Crippen MR) is 129 cm³/mol. The summed E-state index contributed by atoms with van der Waals surface area (Å²) in [6, 6.07) is 9.92. The molecule has 0 unspecified atom stereocenters. The van der Waals surface area contributed by atoms with Gasteiger partial charge in [-0.25, -0.2) is 0 Å². The van der Waals surface area contributed by atoms with Crippen molar-refractivity contribution in [1.82, 2.24) is 10.6 Å². The molecule has 0 saturated heterocycles. The lowest BCUT2D eigenvalue weighted by molar-refractivity contribution is -0.124. The number of ether oxygens (including phenoxy) is 2. The first-order valence-corrected chi connectivity index (χ1v) is 13.4. The number of aromatic hydroxyl groups is 1. The first-order valence-electron chi connectivity index (χ1n) is 10.8. The lowest BCUT2D eigenvalue weighted by Gasteiger charge is -2.33. The van der Waals surface area contributed by atoms with Gasteiger partial charge < -0.3 is 29.8 Å². The van der Waals surface area contributed by atoms with Crippen molar-refractivity contribution in [2.45, 2.75) is 26.8 Å². The van der Waals surface area contributed by atoms with Crippen LogP contribution >= 0.6 is 7.14 Å². The Bertz CT molecular complexity index is 1260. The van der Waals surface area contributed by atoms with E-state index in [0.29, 0.717) is 11.5 Å². The van der Waals surface area contributed by atoms with E-state index in [9.17, 15) is 19.3 Å². The summed E-state index contributed by atoms with van der Waals surface area (Å²) in [6.07, 6.45) is 0. The number of hydrogen-bond donors (Lipinski definition) is 4. The van der Waals surface area contributed by atoms with Gasteiger partial charge >= 0.3 is 0 Å². The van der Waals surface area contributed by atoms with E-state index in [0.717, 1.165) is 5.56 Å². The van der Waals surface area contributed by atoms with E-state index < -0.39 is 19.0 Å². The highest BCUT2D eigenvalue weighted by Crippen LogP contribution is 2.42. The molecular formula is C24H28N3O6P. The van der Waals surface area contributed by atoms with Gasteiger partial charge in [0, 0.05) is 0 Å². The Kier molecular flexibility index (Phi) is 5.85. The minimum absolute atomic E-state index is 0.0329. The number of anilines is 1. The summed E-state index contributed by atoms with van der Waals surface area (Å²) < 4.78 is 23.4. The molecule has 10 heteroatoms. The molecule has 4 N–H and O–H groups in total. The van der Waals surface area contributed by atoms with E-state index in [1.54, 1.807) is 31.5 Å². The minimum atomic E-state index is -2.77. The number of nitrogens with one attached hydrogen (secondary N) is 3. The first-order chi connectivity index (χ1) is 15.9. The van der Waals surface area contributed by atoms with Gasteiger partial charge in [0.25, 0.3) is 11.8 Å². The molecule has 1 atom stereocenters. The summed E-state index contributed by atoms with van der Waals surface area (Å²) >= 11 is 0. The number of para-hydroxylation sites is 1. The van der Waals surface area contributed by atoms with Gasteiger partial charge in [0.15, 0.2) is 11.5 Å². The topological polar surface area (TPSA) is 126 Å². The molecule has 0 aliphatic carbocycles. The first kappa shape index (κ1) is 23.7. The van der Waals surface area contributed by atoms with Crippen molar-refractivity contribution < 1.29 is 28.7 Å². The summed E-state index contributed by atoms with van der Waals surface area (Å²) in [5.41, 5.74) is 0.670. The molecule has 9 nitrogen and oxygen atoms in total. The molecule has 0 bridgehead atoms. The van der Waals surface area contributed by atoms with Crippen molar-refractivity contribution in [2.75, 3.05) is 25.4 Å². The second kappa shape index (κ2) is 8.40. The number of rotatable bonds is 6. The molecule has 0 radical (unpaired) electrons. The fraction of sp³-hybridized carbons (Fsp3) is 0.333. The highest BCUT2D eigenvalue weighted by atomic mass is 31.2. The highest BCUT2D eigenvalue weighted by Gasteiger charge is 2.36. The fourth-order valence-corrected chi connectivity index (χ4v) is 5.03. The summed E-state index contributed by atoms with van der Waals surface area (Å²) in [7, 11) is -2.77. The van der Waals surface area contributed by atoms with E-state index in [1.165, 1.54) is 0 Å². The van der Waals surface area contributed by atoms with Crippen molar-refractivity contribution in [2.24, 2.45) is 5.41 Å². The lowest BCUT2D eigenvalue weighted by atomic mass is 9.82. The molecule has 0 fully saturated rings. The standard InChI is InChI=1S/C24H28N3O6P/c1-24(2,3)21(13-9-10-15-16(11-13)33-12-32-15)26-19-18(22(29)27-23(19)30)25-14-7-6-8-17(20(14)28)34(4,5)31/h6-11,21,28H,12H2,1-5H3,(H3,25,26,27,29,30)/t21-/m0/s1. The molecule has 34 heavy (non-hydrogen) atoms. The highest BCUT2D eigenvalue weighted by molar-refractivity contribution is 7.70. The predicted octanol–water partition coefficient (Wildman–Crippen LogP) is 3.03. The van der Waals surface area contributed by atoms with E-state index in [-0.39, 0.29) is 46.4 Å². The van der Waals surface area contributed by atoms with Crippen LogP contribution in [0, 0.1) is 5.41 Å². The Hall–Kier alpha value is -3.45. The molecule has 2 aliphatic rings. The zero-order valence-corrected chi connectivity index (χ0v) is 20.6. The van der Waals surface area contributed by atoms with Crippen LogP contribution in [-0.4, -0.2) is 37.0 Å². The number of imide groups is 1. The third-order valence-corrected chi connectivity index (χ3v) is 7.19. The zero-order chi connectivity index (χ0) is 24.8. The van der Waals surface area contributed by atoms with Gasteiger partial charge in [-0.05, 0) is 48.6 Å². The number of amides is 2. The van der Waals surface area contributed by atoms with Gasteiger partial charge in [-0.2, -0.15) is 0 Å². The average molecular weight is 485 g/mol. The number of fused-ring (bicyclic) bond motifs is 1. The number of benzene rings is 2. The molecule has 2 aliphatic heterocycles. The van der Waals surface area contributed by atoms with Crippen LogP contribution in [0.4, 0.5) is 5.69 Å². The average Bonchev–Trinajstić information content (AvgIpc) is 3.29. The summed E-state index contributed by atoms with van der Waals surface area (Å²) in [6.45, 7) is 9.26. The Morgan fingerprint density at radius 1 is 1.03 bits per heavy atom. The molecule has 0 saturated carbocycles. The van der Waals surface area contributed by atoms with Crippen molar-refractivity contribution in [3.05, 3.63) is 53.4 Å². The lowest BCUT2D eigenvalue weighted by Crippen LogP contribution is -2.35. The second-order valence-corrected chi connectivity index (χ2v) is 12.9. The third kappa shape index (κ3) is 4.48. The quantitative estimate of drug-likeness (QED) is 0.280. The van der Waals surface area contributed by atoms with Crippen LogP contribution in [0.3, 0.4) is 0 Å². The summed E-state index contributed by atoms with van der Waals surface area (Å²) in [5, 5.41) is 19.4. The van der Waals surface area contributed by atoms with Gasteiger partial charge in [-0.15, -0.1) is 0 Å². The van der Waals surface area contributed by atoms with Crippen LogP contribution in [0.15, 0.2) is 47.8 Å². The van der Waals surface area contributed by atoms with Crippen LogP contribution in [0.1, 0.15) is 32.4 Å². The number of hydrogen-bond acceptors (Lipinski definition) is 8. The Morgan fingerprint density at radius 3 is 2.38 bits per heavy atom. The maximum absolute atomic E-state index is 12.7. The largest absolute Gasteiger partial charge is 0.505 e. The van der Waals surface area contributed by atoms with Crippen molar-refractivity contribution in [3.63, 3.8) is 0 Å². The van der Waals surface area contributed by atoms with Gasteiger partial charge in [-0.1, -0.05) is 32.9 Å². The Morgan fingerprint density at radius 2 is 1.71 bits per heavy atom. The fourth-order valence-electron chi connectivity index (χ4n) is 3.95. The molecule has 2 heterocycles. The van der Waals surface area contributed by atoms with Crippen LogP contribution in [0.5, 0.6) is 17.2 Å². The van der Waals surface area contributed by atoms with E-state index in [4.69, 9.17) is 9.47 Å². The molecule has 2 amide bonds. The molecule has 0 spiro atoms. The smallest absolute Gasteiger partial charge is 0.276 e. The SMILES string of the molecule is CC(C)(C)[C@@H](NC1=C(Nc2cccc(P(C)(C)=O)c2O)C(=O)NC1=O)c1ccc2c(c1)OCO2. The summed E-state index contributed by atoms with van der Waals surface area (Å²) in [4.78, 5) is 25.4. The third-order valence-electron chi connectivity index (χ3n) is 5.67. The van der Waals surface area contributed by atoms with Crippen LogP contribution in [-0.2, 0) is 14.2 Å². The number of phenolic OH excluding ortho intramolecular Hbond substituents is 1. The number of carbonyl (C=O) groups is 2. The molecule has 2 aromatic carbocycles. The number of phenols is 1. The second-order valence-electron chi connectivity index (χ2n) is 9.74. The van der Waals surface area contributed by atoms with Gasteiger partial charge in [0.1, 0.15) is 24.3 Å².